The smallest absolute Gasteiger partial charge is 0.381 e. The number of rotatable bonds is 7. The Labute approximate surface area is 127 Å². The summed E-state index contributed by atoms with van der Waals surface area (Å²) in [7, 11) is 0. The van der Waals surface area contributed by atoms with Gasteiger partial charge < -0.3 is 10.4 Å². The second-order valence-electron chi connectivity index (χ2n) is 6.16. The zero-order valence-corrected chi connectivity index (χ0v) is 13.3. The Bertz CT molecular complexity index is 380. The average Bonchev–Trinajstić information content (AvgIpc) is 2.29. The number of nitrogens with zero attached hydrogens (tertiary/aromatic N) is 1. The number of hydrogen-bond acceptors (Lipinski definition) is 4. The summed E-state index contributed by atoms with van der Waals surface area (Å²) in [5, 5.41) is 12.5. The third-order valence-electron chi connectivity index (χ3n) is 2.31. The number of hydrogen-bond donors (Lipinski definition) is 2. The molecule has 0 aliphatic carbocycles. The van der Waals surface area contributed by atoms with Crippen LogP contribution in [-0.2, 0) is 14.4 Å². The van der Waals surface area contributed by atoms with E-state index in [-0.39, 0.29) is 12.5 Å². The molecule has 0 spiro atoms. The highest BCUT2D eigenvalue weighted by molar-refractivity contribution is 5.81. The van der Waals surface area contributed by atoms with Gasteiger partial charge in [0.25, 0.3) is 5.91 Å². The van der Waals surface area contributed by atoms with Crippen LogP contribution < -0.4 is 5.32 Å². The SMILES string of the molecule is CC(C)NC(=O)C(O)C(CC(F)(F)F)N(C=O)OC(C)(C)C. The van der Waals surface area contributed by atoms with Crippen molar-refractivity contribution in [1.82, 2.24) is 10.4 Å². The molecule has 0 aromatic rings. The van der Waals surface area contributed by atoms with Gasteiger partial charge in [-0.3, -0.25) is 14.4 Å². The normalized spacial score (nSPS) is 15.4. The van der Waals surface area contributed by atoms with Gasteiger partial charge >= 0.3 is 6.18 Å². The van der Waals surface area contributed by atoms with Crippen molar-refractivity contribution in [3.63, 3.8) is 0 Å². The third kappa shape index (κ3) is 8.18. The van der Waals surface area contributed by atoms with E-state index in [0.29, 0.717) is 5.06 Å². The molecular weight excluding hydrogens is 305 g/mol. The highest BCUT2D eigenvalue weighted by Crippen LogP contribution is 2.27. The Morgan fingerprint density at radius 3 is 2.14 bits per heavy atom. The highest BCUT2D eigenvalue weighted by atomic mass is 19.4. The van der Waals surface area contributed by atoms with Gasteiger partial charge in [-0.2, -0.15) is 13.2 Å². The fourth-order valence-corrected chi connectivity index (χ4v) is 1.61. The van der Waals surface area contributed by atoms with E-state index < -0.39 is 36.3 Å². The maximum atomic E-state index is 12.7. The van der Waals surface area contributed by atoms with Gasteiger partial charge in [0.05, 0.1) is 12.0 Å². The van der Waals surface area contributed by atoms with Crippen LogP contribution in [0.2, 0.25) is 0 Å². The minimum Gasteiger partial charge on any atom is -0.381 e. The van der Waals surface area contributed by atoms with Crippen molar-refractivity contribution < 1.29 is 32.7 Å². The zero-order valence-electron chi connectivity index (χ0n) is 13.3. The lowest BCUT2D eigenvalue weighted by Gasteiger charge is -2.35. The van der Waals surface area contributed by atoms with Gasteiger partial charge in [-0.05, 0) is 34.6 Å². The van der Waals surface area contributed by atoms with Crippen LogP contribution in [0.15, 0.2) is 0 Å². The van der Waals surface area contributed by atoms with Gasteiger partial charge in [0.1, 0.15) is 6.04 Å². The quantitative estimate of drug-likeness (QED) is 0.547. The van der Waals surface area contributed by atoms with E-state index >= 15 is 0 Å². The lowest BCUT2D eigenvalue weighted by Crippen LogP contribution is -2.54. The molecule has 0 bridgehead atoms. The molecular formula is C13H23F3N2O4. The predicted molar refractivity (Wildman–Crippen MR) is 72.5 cm³/mol. The van der Waals surface area contributed by atoms with E-state index in [1.54, 1.807) is 13.8 Å². The van der Waals surface area contributed by atoms with Gasteiger partial charge in [0.2, 0.25) is 6.41 Å². The van der Waals surface area contributed by atoms with E-state index in [4.69, 9.17) is 4.84 Å². The van der Waals surface area contributed by atoms with Gasteiger partial charge in [0.15, 0.2) is 6.10 Å². The molecule has 2 amide bonds. The van der Waals surface area contributed by atoms with Crippen molar-refractivity contribution in [2.75, 3.05) is 0 Å². The molecule has 0 saturated heterocycles. The van der Waals surface area contributed by atoms with Crippen molar-refractivity contribution in [2.24, 2.45) is 0 Å². The lowest BCUT2D eigenvalue weighted by molar-refractivity contribution is -0.257. The molecule has 2 unspecified atom stereocenters. The molecule has 22 heavy (non-hydrogen) atoms. The Balaban J connectivity index is 5.33. The van der Waals surface area contributed by atoms with Gasteiger partial charge in [-0.25, -0.2) is 5.06 Å². The van der Waals surface area contributed by atoms with Crippen molar-refractivity contribution in [3.05, 3.63) is 0 Å². The molecule has 0 aromatic carbocycles. The molecule has 0 saturated carbocycles. The fourth-order valence-electron chi connectivity index (χ4n) is 1.61. The van der Waals surface area contributed by atoms with Crippen LogP contribution in [0.25, 0.3) is 0 Å². The molecule has 0 radical (unpaired) electrons. The second kappa shape index (κ2) is 7.77. The first kappa shape index (κ1) is 20.6. The highest BCUT2D eigenvalue weighted by Gasteiger charge is 2.42. The number of halogens is 3. The summed E-state index contributed by atoms with van der Waals surface area (Å²) in [5.74, 6) is -1.01. The van der Waals surface area contributed by atoms with Gasteiger partial charge in [-0.1, -0.05) is 0 Å². The summed E-state index contributed by atoms with van der Waals surface area (Å²) in [6.45, 7) is 7.75. The molecule has 0 aliphatic heterocycles. The van der Waals surface area contributed by atoms with Crippen LogP contribution in [0.3, 0.4) is 0 Å². The zero-order chi connectivity index (χ0) is 17.7. The van der Waals surface area contributed by atoms with Crippen LogP contribution in [-0.4, -0.2) is 52.5 Å². The molecule has 2 atom stereocenters. The molecule has 0 heterocycles. The fraction of sp³-hybridized carbons (Fsp3) is 0.846. The van der Waals surface area contributed by atoms with Crippen LogP contribution in [0.1, 0.15) is 41.0 Å². The second-order valence-corrected chi connectivity index (χ2v) is 6.16. The molecule has 6 nitrogen and oxygen atoms in total. The average molecular weight is 328 g/mol. The number of alkyl halides is 3. The van der Waals surface area contributed by atoms with Gasteiger partial charge in [-0.15, -0.1) is 0 Å². The van der Waals surface area contributed by atoms with Crippen LogP contribution in [0.5, 0.6) is 0 Å². The van der Waals surface area contributed by atoms with Crippen molar-refractivity contribution in [1.29, 1.82) is 0 Å². The number of carbonyl (C=O) groups is 2. The van der Waals surface area contributed by atoms with E-state index in [1.807, 2.05) is 0 Å². The van der Waals surface area contributed by atoms with Crippen molar-refractivity contribution in [2.45, 2.75) is 71.0 Å². The van der Waals surface area contributed by atoms with E-state index in [0.717, 1.165) is 0 Å². The number of hydroxylamine groups is 2. The number of carbonyl (C=O) groups excluding carboxylic acids is 2. The first-order valence-corrected chi connectivity index (χ1v) is 6.75. The largest absolute Gasteiger partial charge is 0.391 e. The first-order valence-electron chi connectivity index (χ1n) is 6.75. The minimum atomic E-state index is -4.69. The molecule has 0 fully saturated rings. The van der Waals surface area contributed by atoms with Gasteiger partial charge in [0, 0.05) is 6.04 Å². The number of aliphatic hydroxyl groups is 1. The Kier molecular flexibility index (Phi) is 7.30. The first-order chi connectivity index (χ1) is 9.76. The topological polar surface area (TPSA) is 78.9 Å². The predicted octanol–water partition coefficient (Wildman–Crippen LogP) is 1.38. The Hall–Kier alpha value is -1.35. The van der Waals surface area contributed by atoms with Crippen LogP contribution in [0, 0.1) is 0 Å². The molecule has 0 rings (SSSR count). The number of aliphatic hydroxyl groups excluding tert-OH is 1. The van der Waals surface area contributed by atoms with Crippen molar-refractivity contribution in [3.8, 4) is 0 Å². The molecule has 0 aliphatic rings. The van der Waals surface area contributed by atoms with Crippen LogP contribution >= 0.6 is 0 Å². The summed E-state index contributed by atoms with van der Waals surface area (Å²) in [6, 6.07) is -2.25. The standard InChI is InChI=1S/C13H23F3N2O4/c1-8(2)17-11(21)10(20)9(6-13(14,15)16)18(7-19)22-12(3,4)5/h7-10,20H,6H2,1-5H3,(H,17,21). The van der Waals surface area contributed by atoms with Crippen LogP contribution in [0.4, 0.5) is 13.2 Å². The Morgan fingerprint density at radius 2 is 1.82 bits per heavy atom. The molecule has 130 valence electrons. The maximum Gasteiger partial charge on any atom is 0.391 e. The lowest BCUT2D eigenvalue weighted by atomic mass is 10.1. The summed E-state index contributed by atoms with van der Waals surface area (Å²) >= 11 is 0. The van der Waals surface area contributed by atoms with E-state index in [2.05, 4.69) is 5.32 Å². The summed E-state index contributed by atoms with van der Waals surface area (Å²) in [5.41, 5.74) is -0.973. The summed E-state index contributed by atoms with van der Waals surface area (Å²) in [4.78, 5) is 27.9. The minimum absolute atomic E-state index is 0.0214. The maximum absolute atomic E-state index is 12.7. The molecule has 0 aromatic heterocycles. The van der Waals surface area contributed by atoms with E-state index in [9.17, 15) is 27.9 Å². The number of amides is 2. The Morgan fingerprint density at radius 1 is 1.32 bits per heavy atom. The van der Waals surface area contributed by atoms with E-state index in [1.165, 1.54) is 20.8 Å². The molecule has 9 heteroatoms. The number of nitrogens with one attached hydrogen (secondary N) is 1. The summed E-state index contributed by atoms with van der Waals surface area (Å²) in [6.07, 6.45) is -8.31. The van der Waals surface area contributed by atoms with Crippen molar-refractivity contribution >= 4 is 12.3 Å². The summed E-state index contributed by atoms with van der Waals surface area (Å²) < 4.78 is 38.0. The monoisotopic (exact) mass is 328 g/mol. The third-order valence-corrected chi connectivity index (χ3v) is 2.31. The molecule has 2 N–H and O–H groups in total.